The van der Waals surface area contributed by atoms with Crippen molar-refractivity contribution in [3.63, 3.8) is 0 Å². The lowest BCUT2D eigenvalue weighted by atomic mass is 9.95. The highest BCUT2D eigenvalue weighted by Gasteiger charge is 2.41. The topological polar surface area (TPSA) is 111 Å². The van der Waals surface area contributed by atoms with Gasteiger partial charge in [-0.3, -0.25) is 14.4 Å². The quantitative estimate of drug-likeness (QED) is 0.807. The van der Waals surface area contributed by atoms with Gasteiger partial charge in [0.1, 0.15) is 11.6 Å². The molecule has 2 N–H and O–H groups in total. The number of carbonyl (C=O) groups is 3. The molecule has 1 aliphatic rings. The molecule has 0 radical (unpaired) electrons. The van der Waals surface area contributed by atoms with Crippen LogP contribution in [0.2, 0.25) is 0 Å². The number of Topliss-reactive ketones (excluding diaryl/α,β-unsaturated/α-hetero) is 1. The maximum Gasteiger partial charge on any atom is 0.324 e. The lowest BCUT2D eigenvalue weighted by Crippen LogP contribution is -2.40. The van der Waals surface area contributed by atoms with Gasteiger partial charge in [-0.05, 0) is 17.7 Å². The Kier molecular flexibility index (Phi) is 3.57. The van der Waals surface area contributed by atoms with E-state index in [1.54, 1.807) is 19.2 Å². The number of hydrogen-bond donors (Lipinski definition) is 2. The van der Waals surface area contributed by atoms with Gasteiger partial charge in [0.25, 0.3) is 0 Å². The molecule has 0 saturated carbocycles. The summed E-state index contributed by atoms with van der Waals surface area (Å²) < 4.78 is 6.53. The maximum absolute atomic E-state index is 12.1. The maximum atomic E-state index is 12.1. The van der Waals surface area contributed by atoms with Crippen molar-refractivity contribution in [3.05, 3.63) is 41.6 Å². The molecule has 2 heterocycles. The molecule has 23 heavy (non-hydrogen) atoms. The number of hydrogen-bond acceptors (Lipinski definition) is 5. The molecule has 0 spiro atoms. The van der Waals surface area contributed by atoms with Gasteiger partial charge in [-0.1, -0.05) is 12.1 Å². The SMILES string of the molecule is COc1ccc(Cn2ncc3c2NC(=O)C(C(=O)O)C3=O)cc1. The highest BCUT2D eigenvalue weighted by molar-refractivity contribution is 6.28. The summed E-state index contributed by atoms with van der Waals surface area (Å²) >= 11 is 0. The number of fused-ring (bicyclic) bond motifs is 1. The number of amides is 1. The number of ether oxygens (including phenoxy) is 1. The second-order valence-corrected chi connectivity index (χ2v) is 5.04. The molecule has 1 aromatic carbocycles. The predicted molar refractivity (Wildman–Crippen MR) is 78.4 cm³/mol. The minimum Gasteiger partial charge on any atom is -0.497 e. The largest absolute Gasteiger partial charge is 0.497 e. The van der Waals surface area contributed by atoms with Crippen molar-refractivity contribution in [2.45, 2.75) is 6.54 Å². The van der Waals surface area contributed by atoms with E-state index in [4.69, 9.17) is 9.84 Å². The Labute approximate surface area is 130 Å². The van der Waals surface area contributed by atoms with E-state index >= 15 is 0 Å². The summed E-state index contributed by atoms with van der Waals surface area (Å²) in [6.45, 7) is 0.324. The number of rotatable bonds is 4. The van der Waals surface area contributed by atoms with E-state index < -0.39 is 23.6 Å². The lowest BCUT2D eigenvalue weighted by molar-refractivity contribution is -0.143. The third kappa shape index (κ3) is 2.54. The third-order valence-corrected chi connectivity index (χ3v) is 3.61. The second-order valence-electron chi connectivity index (χ2n) is 5.04. The zero-order valence-corrected chi connectivity index (χ0v) is 12.1. The summed E-state index contributed by atoms with van der Waals surface area (Å²) in [4.78, 5) is 35.0. The van der Waals surface area contributed by atoms with Crippen LogP contribution in [0.15, 0.2) is 30.5 Å². The monoisotopic (exact) mass is 315 g/mol. The molecule has 0 saturated heterocycles. The van der Waals surface area contributed by atoms with Gasteiger partial charge in [0.05, 0.1) is 25.4 Å². The molecule has 1 aromatic heterocycles. The first-order valence-corrected chi connectivity index (χ1v) is 6.78. The van der Waals surface area contributed by atoms with Crippen LogP contribution in [0.1, 0.15) is 15.9 Å². The third-order valence-electron chi connectivity index (χ3n) is 3.61. The van der Waals surface area contributed by atoms with E-state index in [1.165, 1.54) is 10.9 Å². The van der Waals surface area contributed by atoms with Crippen LogP contribution in [-0.4, -0.2) is 39.7 Å². The van der Waals surface area contributed by atoms with E-state index in [2.05, 4.69) is 10.4 Å². The number of methoxy groups -OCH3 is 1. The number of carboxylic acids is 1. The minimum absolute atomic E-state index is 0.102. The van der Waals surface area contributed by atoms with Crippen LogP contribution in [0.5, 0.6) is 5.75 Å². The number of aliphatic carboxylic acids is 1. The molecule has 118 valence electrons. The summed E-state index contributed by atoms with van der Waals surface area (Å²) in [5.41, 5.74) is 0.990. The van der Waals surface area contributed by atoms with Gasteiger partial charge in [0, 0.05) is 0 Å². The number of anilines is 1. The summed E-state index contributed by atoms with van der Waals surface area (Å²) in [6.07, 6.45) is 1.27. The first kappa shape index (κ1) is 14.8. The highest BCUT2D eigenvalue weighted by atomic mass is 16.5. The van der Waals surface area contributed by atoms with Crippen molar-refractivity contribution in [1.29, 1.82) is 0 Å². The average Bonchev–Trinajstić information content (AvgIpc) is 2.91. The Bertz CT molecular complexity index is 794. The van der Waals surface area contributed by atoms with Crippen LogP contribution in [-0.2, 0) is 16.1 Å². The van der Waals surface area contributed by atoms with Crippen molar-refractivity contribution in [2.75, 3.05) is 12.4 Å². The number of ketones is 1. The number of nitrogens with one attached hydrogen (secondary N) is 1. The van der Waals surface area contributed by atoms with Crippen LogP contribution in [0.4, 0.5) is 5.82 Å². The Balaban J connectivity index is 1.90. The molecule has 8 heteroatoms. The van der Waals surface area contributed by atoms with Gasteiger partial charge in [-0.25, -0.2) is 4.68 Å². The van der Waals surface area contributed by atoms with Gasteiger partial charge in [0.15, 0.2) is 11.7 Å². The molecular formula is C15H13N3O5. The van der Waals surface area contributed by atoms with Gasteiger partial charge >= 0.3 is 5.97 Å². The zero-order valence-electron chi connectivity index (χ0n) is 12.1. The zero-order chi connectivity index (χ0) is 16.6. The van der Waals surface area contributed by atoms with Crippen molar-refractivity contribution in [3.8, 4) is 5.75 Å². The second kappa shape index (κ2) is 5.56. The van der Waals surface area contributed by atoms with Crippen molar-refractivity contribution in [2.24, 2.45) is 5.92 Å². The van der Waals surface area contributed by atoms with Crippen molar-refractivity contribution < 1.29 is 24.2 Å². The lowest BCUT2D eigenvalue weighted by Gasteiger charge is -2.19. The molecular weight excluding hydrogens is 302 g/mol. The molecule has 3 rings (SSSR count). The van der Waals surface area contributed by atoms with Gasteiger partial charge in [0.2, 0.25) is 5.91 Å². The Morgan fingerprint density at radius 1 is 1.35 bits per heavy atom. The Hall–Kier alpha value is -3.16. The van der Waals surface area contributed by atoms with Gasteiger partial charge in [-0.2, -0.15) is 5.10 Å². The van der Waals surface area contributed by atoms with Gasteiger partial charge < -0.3 is 15.2 Å². The Morgan fingerprint density at radius 3 is 2.65 bits per heavy atom. The normalized spacial score (nSPS) is 16.7. The average molecular weight is 315 g/mol. The number of carbonyl (C=O) groups excluding carboxylic acids is 2. The molecule has 2 aromatic rings. The number of nitrogens with zero attached hydrogens (tertiary/aromatic N) is 2. The number of benzene rings is 1. The van der Waals surface area contributed by atoms with Gasteiger partial charge in [-0.15, -0.1) is 0 Å². The Morgan fingerprint density at radius 2 is 2.04 bits per heavy atom. The van der Waals surface area contributed by atoms with E-state index in [0.717, 1.165) is 5.56 Å². The van der Waals surface area contributed by atoms with Crippen LogP contribution in [0, 0.1) is 5.92 Å². The summed E-state index contributed by atoms with van der Waals surface area (Å²) in [6, 6.07) is 7.24. The molecule has 0 bridgehead atoms. The molecule has 1 aliphatic heterocycles. The summed E-state index contributed by atoms with van der Waals surface area (Å²) in [5.74, 6) is -3.87. The molecule has 1 amide bonds. The van der Waals surface area contributed by atoms with E-state index in [-0.39, 0.29) is 11.4 Å². The number of carboxylic acid groups (broad SMARTS) is 1. The summed E-state index contributed by atoms with van der Waals surface area (Å²) in [5, 5.41) is 15.5. The van der Waals surface area contributed by atoms with E-state index in [1.807, 2.05) is 12.1 Å². The first-order valence-electron chi connectivity index (χ1n) is 6.78. The van der Waals surface area contributed by atoms with E-state index in [9.17, 15) is 14.4 Å². The predicted octanol–water partition coefficient (Wildman–Crippen LogP) is 0.776. The minimum atomic E-state index is -1.72. The molecule has 1 atom stereocenters. The first-order chi connectivity index (χ1) is 11.0. The fourth-order valence-corrected chi connectivity index (χ4v) is 2.41. The molecule has 1 unspecified atom stereocenters. The summed E-state index contributed by atoms with van der Waals surface area (Å²) in [7, 11) is 1.57. The van der Waals surface area contributed by atoms with Crippen LogP contribution in [0.3, 0.4) is 0 Å². The smallest absolute Gasteiger partial charge is 0.324 e. The van der Waals surface area contributed by atoms with Crippen LogP contribution < -0.4 is 10.1 Å². The molecule has 0 aliphatic carbocycles. The van der Waals surface area contributed by atoms with E-state index in [0.29, 0.717) is 12.3 Å². The van der Waals surface area contributed by atoms with Crippen LogP contribution >= 0.6 is 0 Å². The van der Waals surface area contributed by atoms with Crippen molar-refractivity contribution in [1.82, 2.24) is 9.78 Å². The van der Waals surface area contributed by atoms with Crippen LogP contribution in [0.25, 0.3) is 0 Å². The fourth-order valence-electron chi connectivity index (χ4n) is 2.41. The fraction of sp³-hybridized carbons (Fsp3) is 0.200. The molecule has 0 fully saturated rings. The standard InChI is InChI=1S/C15H13N3O5/c1-23-9-4-2-8(3-5-9)7-18-13-10(6-16-18)12(19)11(15(21)22)14(20)17-13/h2-6,11H,7H2,1H3,(H,17,20)(H,21,22). The van der Waals surface area contributed by atoms with Crippen molar-refractivity contribution >= 4 is 23.5 Å². The number of aromatic nitrogens is 2. The highest BCUT2D eigenvalue weighted by Crippen LogP contribution is 2.26. The molecule has 8 nitrogen and oxygen atoms in total.